The molecular weight excluding hydrogens is 256 g/mol. The van der Waals surface area contributed by atoms with Crippen LogP contribution in [-0.4, -0.2) is 30.8 Å². The fourth-order valence-corrected chi connectivity index (χ4v) is 3.55. The average molecular weight is 282 g/mol. The highest BCUT2D eigenvalue weighted by atomic mass is 32.1. The van der Waals surface area contributed by atoms with Gasteiger partial charge in [0, 0.05) is 24.4 Å². The van der Waals surface area contributed by atoms with Crippen molar-refractivity contribution in [1.29, 1.82) is 0 Å². The lowest BCUT2D eigenvalue weighted by molar-refractivity contribution is 0.0511. The van der Waals surface area contributed by atoms with Gasteiger partial charge in [0.05, 0.1) is 16.8 Å². The van der Waals surface area contributed by atoms with E-state index in [0.717, 1.165) is 25.3 Å². The summed E-state index contributed by atoms with van der Waals surface area (Å²) >= 11 is 1.83. The van der Waals surface area contributed by atoms with Gasteiger partial charge in [-0.25, -0.2) is 4.98 Å². The van der Waals surface area contributed by atoms with Crippen LogP contribution < -0.4 is 5.32 Å². The molecule has 1 aromatic rings. The third-order valence-electron chi connectivity index (χ3n) is 3.88. The molecule has 1 aliphatic carbocycles. The van der Waals surface area contributed by atoms with E-state index in [0.29, 0.717) is 12.1 Å². The molecule has 0 bridgehead atoms. The van der Waals surface area contributed by atoms with Gasteiger partial charge in [-0.2, -0.15) is 0 Å². The molecule has 1 N–H and O–H groups in total. The zero-order valence-corrected chi connectivity index (χ0v) is 13.3. The number of ether oxygens (including phenoxy) is 1. The van der Waals surface area contributed by atoms with E-state index in [-0.39, 0.29) is 0 Å². The highest BCUT2D eigenvalue weighted by Crippen LogP contribution is 2.36. The number of hydrogen-bond acceptors (Lipinski definition) is 4. The second-order valence-corrected chi connectivity index (χ2v) is 6.84. The standard InChI is InChI=1S/C15H26N2OS/c1-5-8-16-13(15(18-4)12-6-7-12)9-14-17-10(2)11(3)19-14/h12-13,15-16H,5-9H2,1-4H3. The van der Waals surface area contributed by atoms with Crippen molar-refractivity contribution >= 4 is 11.3 Å². The van der Waals surface area contributed by atoms with E-state index in [4.69, 9.17) is 4.74 Å². The normalized spacial score (nSPS) is 18.5. The van der Waals surface area contributed by atoms with E-state index >= 15 is 0 Å². The van der Waals surface area contributed by atoms with Crippen LogP contribution in [0.25, 0.3) is 0 Å². The number of rotatable bonds is 8. The molecule has 2 rings (SSSR count). The highest BCUT2D eigenvalue weighted by Gasteiger charge is 2.36. The number of nitrogens with zero attached hydrogens (tertiary/aromatic N) is 1. The van der Waals surface area contributed by atoms with Gasteiger partial charge in [0.25, 0.3) is 0 Å². The molecule has 0 aromatic carbocycles. The summed E-state index contributed by atoms with van der Waals surface area (Å²) in [7, 11) is 1.85. The summed E-state index contributed by atoms with van der Waals surface area (Å²) in [6.45, 7) is 7.51. The number of nitrogens with one attached hydrogen (secondary N) is 1. The van der Waals surface area contributed by atoms with Crippen LogP contribution in [0.2, 0.25) is 0 Å². The Hall–Kier alpha value is -0.450. The van der Waals surface area contributed by atoms with E-state index in [9.17, 15) is 0 Å². The smallest absolute Gasteiger partial charge is 0.0947 e. The summed E-state index contributed by atoms with van der Waals surface area (Å²) in [5.74, 6) is 0.751. The van der Waals surface area contributed by atoms with Crippen LogP contribution >= 0.6 is 11.3 Å². The number of methoxy groups -OCH3 is 1. The highest BCUT2D eigenvalue weighted by molar-refractivity contribution is 7.11. The van der Waals surface area contributed by atoms with E-state index in [1.54, 1.807) is 0 Å². The Morgan fingerprint density at radius 2 is 2.16 bits per heavy atom. The Balaban J connectivity index is 2.03. The minimum absolute atomic E-state index is 0.344. The molecule has 1 aliphatic rings. The molecular formula is C15H26N2OS. The van der Waals surface area contributed by atoms with Crippen LogP contribution in [0.15, 0.2) is 0 Å². The van der Waals surface area contributed by atoms with Crippen molar-refractivity contribution in [2.45, 2.75) is 58.6 Å². The molecule has 0 saturated heterocycles. The van der Waals surface area contributed by atoms with Crippen molar-refractivity contribution < 1.29 is 4.74 Å². The maximum Gasteiger partial charge on any atom is 0.0947 e. The fraction of sp³-hybridized carbons (Fsp3) is 0.800. The summed E-state index contributed by atoms with van der Waals surface area (Å²) < 4.78 is 5.76. The molecule has 19 heavy (non-hydrogen) atoms. The van der Waals surface area contributed by atoms with Crippen LogP contribution in [0.4, 0.5) is 0 Å². The predicted octanol–water partition coefficient (Wildman–Crippen LogP) is 3.10. The second-order valence-electron chi connectivity index (χ2n) is 5.55. The molecule has 3 nitrogen and oxygen atoms in total. The first-order valence-electron chi connectivity index (χ1n) is 7.34. The molecule has 1 aromatic heterocycles. The predicted molar refractivity (Wildman–Crippen MR) is 80.9 cm³/mol. The van der Waals surface area contributed by atoms with Gasteiger partial charge in [-0.1, -0.05) is 6.92 Å². The van der Waals surface area contributed by atoms with Gasteiger partial charge < -0.3 is 10.1 Å². The van der Waals surface area contributed by atoms with Crippen LogP contribution in [-0.2, 0) is 11.2 Å². The molecule has 2 unspecified atom stereocenters. The molecule has 0 amide bonds. The van der Waals surface area contributed by atoms with Crippen molar-refractivity contribution in [3.63, 3.8) is 0 Å². The zero-order valence-electron chi connectivity index (χ0n) is 12.5. The minimum atomic E-state index is 0.344. The lowest BCUT2D eigenvalue weighted by atomic mass is 10.0. The lowest BCUT2D eigenvalue weighted by Crippen LogP contribution is -2.44. The third kappa shape index (κ3) is 4.01. The number of thiazole rings is 1. The van der Waals surface area contributed by atoms with Crippen LogP contribution in [0.5, 0.6) is 0 Å². The quantitative estimate of drug-likeness (QED) is 0.795. The summed E-state index contributed by atoms with van der Waals surface area (Å²) in [4.78, 5) is 6.02. The second kappa shape index (κ2) is 6.82. The zero-order chi connectivity index (χ0) is 13.8. The van der Waals surface area contributed by atoms with Crippen molar-refractivity contribution in [3.8, 4) is 0 Å². The minimum Gasteiger partial charge on any atom is -0.380 e. The van der Waals surface area contributed by atoms with Gasteiger partial charge in [0.15, 0.2) is 0 Å². The number of aromatic nitrogens is 1. The molecule has 4 heteroatoms. The Morgan fingerprint density at radius 3 is 2.63 bits per heavy atom. The first kappa shape index (κ1) is 14.9. The van der Waals surface area contributed by atoms with Crippen molar-refractivity contribution in [2.24, 2.45) is 5.92 Å². The van der Waals surface area contributed by atoms with Crippen molar-refractivity contribution in [2.75, 3.05) is 13.7 Å². The maximum absolute atomic E-state index is 5.76. The number of hydrogen-bond donors (Lipinski definition) is 1. The summed E-state index contributed by atoms with van der Waals surface area (Å²) in [6.07, 6.45) is 5.13. The molecule has 0 aliphatic heterocycles. The van der Waals surface area contributed by atoms with E-state index < -0.39 is 0 Å². The fourth-order valence-electron chi connectivity index (χ4n) is 2.56. The molecule has 1 saturated carbocycles. The number of aryl methyl sites for hydroxylation is 2. The van der Waals surface area contributed by atoms with Crippen molar-refractivity contribution in [1.82, 2.24) is 10.3 Å². The summed E-state index contributed by atoms with van der Waals surface area (Å²) in [5.41, 5.74) is 1.18. The van der Waals surface area contributed by atoms with E-state index in [1.165, 1.54) is 28.4 Å². The van der Waals surface area contributed by atoms with E-state index in [1.807, 2.05) is 18.4 Å². The molecule has 0 spiro atoms. The molecule has 1 heterocycles. The summed E-state index contributed by atoms with van der Waals surface area (Å²) in [5, 5.41) is 4.90. The topological polar surface area (TPSA) is 34.2 Å². The average Bonchev–Trinajstić information content (AvgIpc) is 3.15. The van der Waals surface area contributed by atoms with Crippen LogP contribution in [0.1, 0.15) is 41.8 Å². The monoisotopic (exact) mass is 282 g/mol. The Morgan fingerprint density at radius 1 is 1.42 bits per heavy atom. The van der Waals surface area contributed by atoms with Gasteiger partial charge in [-0.15, -0.1) is 11.3 Å². The first-order chi connectivity index (χ1) is 9.15. The van der Waals surface area contributed by atoms with Gasteiger partial charge in [-0.3, -0.25) is 0 Å². The maximum atomic E-state index is 5.76. The SMILES string of the molecule is CCCNC(Cc1nc(C)c(C)s1)C(OC)C1CC1. The van der Waals surface area contributed by atoms with Gasteiger partial charge in [0.2, 0.25) is 0 Å². The largest absolute Gasteiger partial charge is 0.380 e. The molecule has 0 radical (unpaired) electrons. The molecule has 108 valence electrons. The van der Waals surface area contributed by atoms with Gasteiger partial charge >= 0.3 is 0 Å². The van der Waals surface area contributed by atoms with Crippen LogP contribution in [0, 0.1) is 19.8 Å². The Bertz CT molecular complexity index is 381. The van der Waals surface area contributed by atoms with Gasteiger partial charge in [-0.05, 0) is 45.6 Å². The van der Waals surface area contributed by atoms with Gasteiger partial charge in [0.1, 0.15) is 0 Å². The Kier molecular flexibility index (Phi) is 5.37. The third-order valence-corrected chi connectivity index (χ3v) is 4.97. The van der Waals surface area contributed by atoms with Crippen LogP contribution in [0.3, 0.4) is 0 Å². The lowest BCUT2D eigenvalue weighted by Gasteiger charge is -2.26. The van der Waals surface area contributed by atoms with Crippen molar-refractivity contribution in [3.05, 3.63) is 15.6 Å². The molecule has 2 atom stereocenters. The summed E-state index contributed by atoms with van der Waals surface area (Å²) in [6, 6.07) is 0.405. The van der Waals surface area contributed by atoms with E-state index in [2.05, 4.69) is 31.1 Å². The molecule has 1 fully saturated rings. The first-order valence-corrected chi connectivity index (χ1v) is 8.16. The Labute approximate surface area is 120 Å².